The highest BCUT2D eigenvalue weighted by molar-refractivity contribution is 7.89. The summed E-state index contributed by atoms with van der Waals surface area (Å²) in [6, 6.07) is 1.88. The summed E-state index contributed by atoms with van der Waals surface area (Å²) in [6.07, 6.45) is -0.686. The zero-order chi connectivity index (χ0) is 21.7. The molecule has 2 aromatic heterocycles. The molecule has 0 amide bonds. The number of aromatic nitrogens is 3. The normalized spacial score (nSPS) is 25.3. The summed E-state index contributed by atoms with van der Waals surface area (Å²) in [5.41, 5.74) is 0.334. The monoisotopic (exact) mass is 443 g/mol. The molecule has 4 rings (SSSR count). The number of sulfonamides is 1. The highest BCUT2D eigenvalue weighted by atomic mass is 32.2. The van der Waals surface area contributed by atoms with Crippen LogP contribution >= 0.6 is 0 Å². The van der Waals surface area contributed by atoms with Gasteiger partial charge in [0.15, 0.2) is 6.04 Å². The van der Waals surface area contributed by atoms with Gasteiger partial charge in [-0.3, -0.25) is 4.98 Å². The van der Waals surface area contributed by atoms with Crippen LogP contribution in [0.15, 0.2) is 35.5 Å². The summed E-state index contributed by atoms with van der Waals surface area (Å²) >= 11 is 0. The van der Waals surface area contributed by atoms with Crippen LogP contribution in [0.25, 0.3) is 0 Å². The van der Waals surface area contributed by atoms with Crippen LogP contribution in [0.1, 0.15) is 50.9 Å². The molecule has 2 aliphatic heterocycles. The molecule has 7 nitrogen and oxygen atoms in total. The lowest BCUT2D eigenvalue weighted by molar-refractivity contribution is -0.174. The van der Waals surface area contributed by atoms with Gasteiger partial charge in [-0.1, -0.05) is 13.8 Å². The Balaban J connectivity index is 1.70. The highest BCUT2D eigenvalue weighted by Crippen LogP contribution is 2.43. The fraction of sp³-hybridized carbons (Fsp3) is 0.579. The topological polar surface area (TPSA) is 80.1 Å². The van der Waals surface area contributed by atoms with Gasteiger partial charge in [-0.05, 0) is 37.3 Å². The molecule has 1 saturated heterocycles. The van der Waals surface area contributed by atoms with Gasteiger partial charge in [-0.15, -0.1) is 0 Å². The smallest absolute Gasteiger partial charge is 0.367 e. The van der Waals surface area contributed by atoms with Crippen LogP contribution in [0.3, 0.4) is 0 Å². The van der Waals surface area contributed by atoms with Crippen LogP contribution in [0.4, 0.5) is 19.0 Å². The maximum atomic E-state index is 13.7. The Morgan fingerprint density at radius 3 is 2.70 bits per heavy atom. The van der Waals surface area contributed by atoms with E-state index in [1.54, 1.807) is 6.07 Å². The average molecular weight is 443 g/mol. The molecule has 3 atom stereocenters. The van der Waals surface area contributed by atoms with E-state index in [1.165, 1.54) is 28.8 Å². The summed E-state index contributed by atoms with van der Waals surface area (Å²) in [5.74, 6) is 0.291. The van der Waals surface area contributed by atoms with Gasteiger partial charge in [0.05, 0.1) is 11.7 Å². The summed E-state index contributed by atoms with van der Waals surface area (Å²) in [7, 11) is -3.82. The number of pyridine rings is 1. The van der Waals surface area contributed by atoms with E-state index in [9.17, 15) is 21.6 Å². The zero-order valence-corrected chi connectivity index (χ0v) is 17.5. The van der Waals surface area contributed by atoms with E-state index >= 15 is 0 Å². The maximum Gasteiger partial charge on any atom is 0.410 e. The molecule has 1 N–H and O–H groups in total. The second kappa shape index (κ2) is 7.52. The van der Waals surface area contributed by atoms with Crippen molar-refractivity contribution in [2.45, 2.75) is 62.3 Å². The molecule has 0 bridgehead atoms. The van der Waals surface area contributed by atoms with Crippen LogP contribution in [0.2, 0.25) is 0 Å². The minimum absolute atomic E-state index is 0.0101. The van der Waals surface area contributed by atoms with E-state index < -0.39 is 28.3 Å². The van der Waals surface area contributed by atoms with Crippen molar-refractivity contribution < 1.29 is 21.6 Å². The zero-order valence-electron chi connectivity index (χ0n) is 16.7. The molecule has 0 aliphatic carbocycles. The molecule has 0 radical (unpaired) electrons. The van der Waals surface area contributed by atoms with Crippen molar-refractivity contribution >= 4 is 15.8 Å². The van der Waals surface area contributed by atoms with Crippen LogP contribution in [-0.2, 0) is 10.0 Å². The minimum Gasteiger partial charge on any atom is -0.367 e. The van der Waals surface area contributed by atoms with Crippen molar-refractivity contribution in [1.82, 2.24) is 19.1 Å². The molecule has 4 heterocycles. The number of hydrogen-bond acceptors (Lipinski definition) is 5. The van der Waals surface area contributed by atoms with Gasteiger partial charge in [0.2, 0.25) is 10.0 Å². The SMILES string of the molecule is CC(C)[C@@H]1C[C@H](C(F)(F)F)n2nc([C@H]3CCCN3S(=O)(=O)c3cccnc3)cc2N1. The summed E-state index contributed by atoms with van der Waals surface area (Å²) in [4.78, 5) is 3.94. The molecule has 0 unspecified atom stereocenters. The Kier molecular flexibility index (Phi) is 5.29. The minimum atomic E-state index is -4.44. The third-order valence-electron chi connectivity index (χ3n) is 5.83. The fourth-order valence-corrected chi connectivity index (χ4v) is 5.81. The van der Waals surface area contributed by atoms with E-state index in [0.717, 1.165) is 4.68 Å². The average Bonchev–Trinajstić information content (AvgIpc) is 3.33. The van der Waals surface area contributed by atoms with Crippen LogP contribution in [-0.4, -0.2) is 46.3 Å². The number of halogens is 3. The Bertz CT molecular complexity index is 1010. The molecule has 164 valence electrons. The lowest BCUT2D eigenvalue weighted by Crippen LogP contribution is -2.41. The first-order valence-electron chi connectivity index (χ1n) is 9.93. The number of rotatable bonds is 4. The van der Waals surface area contributed by atoms with Gasteiger partial charge in [-0.2, -0.15) is 22.6 Å². The molecular weight excluding hydrogens is 419 g/mol. The van der Waals surface area contributed by atoms with Gasteiger partial charge in [0.1, 0.15) is 10.7 Å². The number of alkyl halides is 3. The molecule has 0 spiro atoms. The van der Waals surface area contributed by atoms with E-state index in [4.69, 9.17) is 0 Å². The Morgan fingerprint density at radius 2 is 2.07 bits per heavy atom. The van der Waals surface area contributed by atoms with Crippen molar-refractivity contribution in [2.75, 3.05) is 11.9 Å². The van der Waals surface area contributed by atoms with Gasteiger partial charge in [0.25, 0.3) is 0 Å². The molecule has 2 aliphatic rings. The van der Waals surface area contributed by atoms with E-state index in [2.05, 4.69) is 15.4 Å². The molecule has 30 heavy (non-hydrogen) atoms. The number of nitrogens with one attached hydrogen (secondary N) is 1. The van der Waals surface area contributed by atoms with Crippen molar-refractivity contribution in [1.29, 1.82) is 0 Å². The van der Waals surface area contributed by atoms with E-state index in [1.807, 2.05) is 13.8 Å². The number of anilines is 1. The molecule has 0 saturated carbocycles. The lowest BCUT2D eigenvalue weighted by Gasteiger charge is -2.35. The van der Waals surface area contributed by atoms with Crippen molar-refractivity contribution in [3.05, 3.63) is 36.3 Å². The summed E-state index contributed by atoms with van der Waals surface area (Å²) in [5, 5.41) is 7.39. The van der Waals surface area contributed by atoms with E-state index in [-0.39, 0.29) is 35.6 Å². The molecule has 0 aromatic carbocycles. The van der Waals surface area contributed by atoms with Gasteiger partial charge < -0.3 is 5.32 Å². The third-order valence-corrected chi connectivity index (χ3v) is 7.72. The van der Waals surface area contributed by atoms with Gasteiger partial charge in [-0.25, -0.2) is 13.1 Å². The number of fused-ring (bicyclic) bond motifs is 1. The van der Waals surface area contributed by atoms with Crippen molar-refractivity contribution in [3.63, 3.8) is 0 Å². The summed E-state index contributed by atoms with van der Waals surface area (Å²) in [6.45, 7) is 4.03. The van der Waals surface area contributed by atoms with Gasteiger partial charge >= 0.3 is 6.18 Å². The lowest BCUT2D eigenvalue weighted by atomic mass is 9.94. The molecule has 11 heteroatoms. The first-order chi connectivity index (χ1) is 14.1. The fourth-order valence-electron chi connectivity index (χ4n) is 4.18. The first kappa shape index (κ1) is 21.1. The predicted octanol–water partition coefficient (Wildman–Crippen LogP) is 3.75. The Morgan fingerprint density at radius 1 is 1.30 bits per heavy atom. The maximum absolute atomic E-state index is 13.7. The second-order valence-corrected chi connectivity index (χ2v) is 10.0. The van der Waals surface area contributed by atoms with Crippen LogP contribution in [0.5, 0.6) is 0 Å². The Hall–Kier alpha value is -2.14. The molecule has 2 aromatic rings. The largest absolute Gasteiger partial charge is 0.410 e. The van der Waals surface area contributed by atoms with E-state index in [0.29, 0.717) is 18.5 Å². The summed E-state index contributed by atoms with van der Waals surface area (Å²) < 4.78 is 69.6. The van der Waals surface area contributed by atoms with Crippen LogP contribution < -0.4 is 5.32 Å². The number of nitrogens with zero attached hydrogens (tertiary/aromatic N) is 4. The third kappa shape index (κ3) is 3.68. The first-order valence-corrected chi connectivity index (χ1v) is 11.4. The Labute approximate surface area is 173 Å². The van der Waals surface area contributed by atoms with Gasteiger partial charge in [0, 0.05) is 31.0 Å². The van der Waals surface area contributed by atoms with Crippen molar-refractivity contribution in [2.24, 2.45) is 5.92 Å². The standard InChI is InChI=1S/C19H24F3N5O2S/c1-12(2)14-9-17(19(20,21)22)27-18(24-14)10-15(25-27)16-6-4-8-26(16)30(28,29)13-5-3-7-23-11-13/h3,5,7,10-12,14,16-17,24H,4,6,8-9H2,1-2H3/t14-,16+,17+/m0/s1. The quantitative estimate of drug-likeness (QED) is 0.779. The van der Waals surface area contributed by atoms with Crippen LogP contribution in [0, 0.1) is 5.92 Å². The second-order valence-electron chi connectivity index (χ2n) is 8.15. The predicted molar refractivity (Wildman–Crippen MR) is 104 cm³/mol. The van der Waals surface area contributed by atoms with Crippen molar-refractivity contribution in [3.8, 4) is 0 Å². The highest BCUT2D eigenvalue weighted by Gasteiger charge is 2.47. The molecule has 1 fully saturated rings. The molecular formula is C19H24F3N5O2S. The number of hydrogen-bond donors (Lipinski definition) is 1.